The van der Waals surface area contributed by atoms with Crippen LogP contribution >= 0.6 is 23.5 Å². The lowest BCUT2D eigenvalue weighted by atomic mass is 10.1. The first kappa shape index (κ1) is 43.4. The van der Waals surface area contributed by atoms with E-state index >= 15 is 9.18 Å². The molecule has 0 amide bonds. The number of halogens is 4. The van der Waals surface area contributed by atoms with Crippen molar-refractivity contribution in [3.63, 3.8) is 0 Å². The van der Waals surface area contributed by atoms with Crippen LogP contribution in [0.1, 0.15) is 43.0 Å². The summed E-state index contributed by atoms with van der Waals surface area (Å²) in [7, 11) is 0. The number of fused-ring (bicyclic) bond motifs is 6. The molecule has 0 aliphatic rings. The fraction of sp³-hybridized carbons (Fsp3) is 0.0612. The Morgan fingerprint density at radius 1 is 0.662 bits per heavy atom. The molecule has 0 saturated carbocycles. The van der Waals surface area contributed by atoms with Crippen LogP contribution in [0.4, 0.5) is 17.6 Å². The molecule has 13 nitrogen and oxygen atoms in total. The standard InChI is InChI=1S/C49H27F4N10O3S2/c50-33-19-22-37(46(65)62-38-15-7-5-13-35(38)41-43(62)56-47(59-58-41)67-26-31-11-3-1-9-29(31)24-54)40(23-33)63-48(68-27-32-12-4-2-10-30(32)25-55)57-44-42(60-63)36-14-6-8-16-39(36)61(44)45(64)28-17-20-34(21-18-28)66-49(51,52)53/h1-23H,26-27H2/q+1. The fourth-order valence-electron chi connectivity index (χ4n) is 7.74. The Morgan fingerprint density at radius 2 is 1.24 bits per heavy atom. The van der Waals surface area contributed by atoms with E-state index in [2.05, 4.69) is 27.1 Å². The van der Waals surface area contributed by atoms with Gasteiger partial charge in [-0.25, -0.2) is 13.9 Å². The molecule has 0 bridgehead atoms. The average molecular weight is 944 g/mol. The number of alkyl halides is 3. The molecule has 4 heterocycles. The highest BCUT2D eigenvalue weighted by Crippen LogP contribution is 2.33. The van der Waals surface area contributed by atoms with Crippen molar-refractivity contribution in [1.82, 2.24) is 34.4 Å². The second-order valence-electron chi connectivity index (χ2n) is 14.9. The van der Waals surface area contributed by atoms with Gasteiger partial charge in [0.05, 0.1) is 39.9 Å². The number of nitriles is 2. The summed E-state index contributed by atoms with van der Waals surface area (Å²) < 4.78 is 62.7. The largest absolute Gasteiger partial charge is 0.573 e. The first-order valence-corrected chi connectivity index (χ1v) is 22.3. The molecule has 10 aromatic rings. The molecule has 0 atom stereocenters. The summed E-state index contributed by atoms with van der Waals surface area (Å²) in [5.41, 5.74) is 3.75. The summed E-state index contributed by atoms with van der Waals surface area (Å²) in [4.78, 5) is 39.5. The lowest BCUT2D eigenvalue weighted by molar-refractivity contribution is -0.699. The molecule has 68 heavy (non-hydrogen) atoms. The maximum Gasteiger partial charge on any atom is 0.573 e. The van der Waals surface area contributed by atoms with Gasteiger partial charge in [-0.1, -0.05) is 94.3 Å². The Kier molecular flexibility index (Phi) is 11.3. The van der Waals surface area contributed by atoms with Crippen molar-refractivity contribution in [1.29, 1.82) is 10.5 Å². The van der Waals surface area contributed by atoms with Crippen LogP contribution in [0.2, 0.25) is 0 Å². The first-order chi connectivity index (χ1) is 33.0. The second kappa shape index (κ2) is 17.7. The maximum absolute atomic E-state index is 15.7. The van der Waals surface area contributed by atoms with Crippen LogP contribution < -0.4 is 9.42 Å². The van der Waals surface area contributed by atoms with Crippen molar-refractivity contribution < 1.29 is 36.6 Å². The molecule has 0 unspecified atom stereocenters. The van der Waals surface area contributed by atoms with E-state index in [0.29, 0.717) is 49.8 Å². The van der Waals surface area contributed by atoms with E-state index in [-0.39, 0.29) is 49.7 Å². The van der Waals surface area contributed by atoms with Crippen molar-refractivity contribution in [2.45, 2.75) is 28.2 Å². The molecule has 6 aromatic carbocycles. The third-order valence-corrected chi connectivity index (χ3v) is 12.7. The predicted octanol–water partition coefficient (Wildman–Crippen LogP) is 9.90. The van der Waals surface area contributed by atoms with Crippen molar-refractivity contribution in [3.8, 4) is 23.6 Å². The third-order valence-electron chi connectivity index (χ3n) is 10.8. The highest BCUT2D eigenvalue weighted by molar-refractivity contribution is 7.98. The summed E-state index contributed by atoms with van der Waals surface area (Å²) in [6, 6.07) is 40.3. The third kappa shape index (κ3) is 8.10. The Morgan fingerprint density at radius 3 is 1.88 bits per heavy atom. The van der Waals surface area contributed by atoms with Gasteiger partial charge < -0.3 is 4.74 Å². The number of aromatic nitrogens is 8. The van der Waals surface area contributed by atoms with Gasteiger partial charge in [-0.15, -0.1) is 23.4 Å². The zero-order valence-electron chi connectivity index (χ0n) is 34.7. The number of rotatable bonds is 10. The molecule has 0 radical (unpaired) electrons. The molecule has 0 fully saturated rings. The molecule has 330 valence electrons. The summed E-state index contributed by atoms with van der Waals surface area (Å²) in [6.07, 6.45) is -4.94. The van der Waals surface area contributed by atoms with E-state index < -0.39 is 29.7 Å². The van der Waals surface area contributed by atoms with Crippen LogP contribution in [0, 0.1) is 28.5 Å². The molecule has 0 aliphatic carbocycles. The van der Waals surface area contributed by atoms with Crippen LogP contribution in [0.5, 0.6) is 5.75 Å². The summed E-state index contributed by atoms with van der Waals surface area (Å²) in [5.74, 6) is -2.02. The number of nitrogens with zero attached hydrogens (tertiary/aromatic N) is 10. The SMILES string of the molecule is N#Cc1ccccc1CSc1nnc2c3ccccc3n(C(=O)c3ccc(F)cc3-[n+]3nc4c5ccccc5n(C(=O)c5ccc(OC(F)(F)F)cc5)c4nc3SCc3ccccc3C#N)c2n1. The molecular formula is C49H27F4N10O3S2+. The van der Waals surface area contributed by atoms with Gasteiger partial charge in [0.2, 0.25) is 5.16 Å². The van der Waals surface area contributed by atoms with Crippen LogP contribution in [0.15, 0.2) is 150 Å². The first-order valence-electron chi connectivity index (χ1n) is 20.3. The highest BCUT2D eigenvalue weighted by atomic mass is 32.2. The number of para-hydroxylation sites is 2. The van der Waals surface area contributed by atoms with E-state index in [1.165, 1.54) is 43.8 Å². The van der Waals surface area contributed by atoms with Crippen molar-refractivity contribution in [3.05, 3.63) is 179 Å². The molecule has 0 N–H and O–H groups in total. The van der Waals surface area contributed by atoms with Crippen LogP contribution in [0.25, 0.3) is 49.8 Å². The Bertz CT molecular complexity index is 3770. The summed E-state index contributed by atoms with van der Waals surface area (Å²) >= 11 is 2.34. The number of carbonyl (C=O) groups excluding carboxylic acids is 2. The molecule has 0 spiro atoms. The van der Waals surface area contributed by atoms with Crippen molar-refractivity contribution in [2.24, 2.45) is 0 Å². The number of benzene rings is 6. The minimum absolute atomic E-state index is 0.00823. The normalized spacial score (nSPS) is 11.6. The molecule has 10 rings (SSSR count). The van der Waals surface area contributed by atoms with E-state index in [1.807, 2.05) is 12.1 Å². The van der Waals surface area contributed by atoms with Gasteiger partial charge >= 0.3 is 11.5 Å². The van der Waals surface area contributed by atoms with E-state index in [4.69, 9.17) is 15.1 Å². The highest BCUT2D eigenvalue weighted by Gasteiger charge is 2.34. The molecular weight excluding hydrogens is 917 g/mol. The fourth-order valence-corrected chi connectivity index (χ4v) is 9.47. The van der Waals surface area contributed by atoms with Crippen LogP contribution in [-0.4, -0.2) is 52.6 Å². The Balaban J connectivity index is 1.14. The zero-order chi connectivity index (χ0) is 47.1. The van der Waals surface area contributed by atoms with Gasteiger partial charge in [0.1, 0.15) is 17.1 Å². The van der Waals surface area contributed by atoms with E-state index in [9.17, 15) is 28.5 Å². The van der Waals surface area contributed by atoms with Gasteiger partial charge in [-0.05, 0) is 88.5 Å². The Labute approximate surface area is 389 Å². The van der Waals surface area contributed by atoms with Gasteiger partial charge in [0.25, 0.3) is 17.5 Å². The smallest absolute Gasteiger partial charge is 0.406 e. The molecule has 0 saturated heterocycles. The number of hydrogen-bond donors (Lipinski definition) is 0. The minimum Gasteiger partial charge on any atom is -0.406 e. The maximum atomic E-state index is 15.7. The number of ether oxygens (including phenoxy) is 1. The van der Waals surface area contributed by atoms with E-state index in [1.54, 1.807) is 84.9 Å². The second-order valence-corrected chi connectivity index (χ2v) is 16.8. The zero-order valence-corrected chi connectivity index (χ0v) is 36.4. The summed E-state index contributed by atoms with van der Waals surface area (Å²) in [5, 5.41) is 34.8. The number of carbonyl (C=O) groups is 2. The van der Waals surface area contributed by atoms with Gasteiger partial charge in [-0.3, -0.25) is 14.2 Å². The lowest BCUT2D eigenvalue weighted by Gasteiger charge is -2.11. The Hall–Kier alpha value is -8.52. The quantitative estimate of drug-likeness (QED) is 0.0724. The van der Waals surface area contributed by atoms with Crippen LogP contribution in [0.3, 0.4) is 0 Å². The molecule has 4 aromatic heterocycles. The molecule has 0 aliphatic heterocycles. The topological polar surface area (TPSA) is 169 Å². The number of thioether (sulfide) groups is 2. The average Bonchev–Trinajstić information content (AvgIpc) is 3.86. The molecule has 19 heteroatoms. The van der Waals surface area contributed by atoms with Crippen molar-refractivity contribution in [2.75, 3.05) is 0 Å². The van der Waals surface area contributed by atoms with Gasteiger partial charge in [0, 0.05) is 33.9 Å². The summed E-state index contributed by atoms with van der Waals surface area (Å²) in [6.45, 7) is 0. The van der Waals surface area contributed by atoms with Gasteiger partial charge in [-0.2, -0.15) is 10.5 Å². The van der Waals surface area contributed by atoms with Gasteiger partial charge in [0.15, 0.2) is 16.9 Å². The van der Waals surface area contributed by atoms with Crippen molar-refractivity contribution >= 4 is 79.5 Å². The predicted molar refractivity (Wildman–Crippen MR) is 243 cm³/mol. The van der Waals surface area contributed by atoms with E-state index in [0.717, 1.165) is 41.6 Å². The minimum atomic E-state index is -4.94. The lowest BCUT2D eigenvalue weighted by Crippen LogP contribution is -2.41. The monoisotopic (exact) mass is 943 g/mol. The number of hydrogen-bond acceptors (Lipinski definition) is 12. The van der Waals surface area contributed by atoms with Crippen LogP contribution in [-0.2, 0) is 11.5 Å².